The van der Waals surface area contributed by atoms with Gasteiger partial charge in [0.05, 0.1) is 5.92 Å². The van der Waals surface area contributed by atoms with Gasteiger partial charge in [-0.25, -0.2) is 0 Å². The maximum absolute atomic E-state index is 14.1. The average molecular weight is 550 g/mol. The monoisotopic (exact) mass is 549 g/mol. The molecular formula is C30H39N5O5. The van der Waals surface area contributed by atoms with Gasteiger partial charge in [-0.3, -0.25) is 24.0 Å². The Morgan fingerprint density at radius 3 is 2.85 bits per heavy atom. The number of carbonyl (C=O) groups is 3. The highest BCUT2D eigenvalue weighted by molar-refractivity contribution is 5.97. The van der Waals surface area contributed by atoms with E-state index in [4.69, 9.17) is 4.74 Å². The van der Waals surface area contributed by atoms with Crippen molar-refractivity contribution in [3.05, 3.63) is 35.5 Å². The molecule has 2 aromatic rings. The van der Waals surface area contributed by atoms with Gasteiger partial charge in [0.2, 0.25) is 17.5 Å². The van der Waals surface area contributed by atoms with Gasteiger partial charge in [0.1, 0.15) is 12.1 Å². The third kappa shape index (κ3) is 3.36. The molecule has 7 rings (SSSR count). The lowest BCUT2D eigenvalue weighted by molar-refractivity contribution is -0.319. The molecule has 214 valence electrons. The predicted octanol–water partition coefficient (Wildman–Crippen LogP) is 1.88. The highest BCUT2D eigenvalue weighted by Gasteiger charge is 2.71. The van der Waals surface area contributed by atoms with Crippen LogP contribution in [0.15, 0.2) is 24.4 Å². The number of nitrogens with one attached hydrogen (secondary N) is 2. The molecule has 10 nitrogen and oxygen atoms in total. The lowest BCUT2D eigenvalue weighted by atomic mass is 9.72. The number of likely N-dealkylation sites (N-methyl/N-ethyl adjacent to an activating group) is 1. The molecule has 10 heteroatoms. The summed E-state index contributed by atoms with van der Waals surface area (Å²) in [5, 5.41) is 16.2. The van der Waals surface area contributed by atoms with E-state index in [9.17, 15) is 19.5 Å². The van der Waals surface area contributed by atoms with E-state index in [0.717, 1.165) is 18.4 Å². The van der Waals surface area contributed by atoms with Crippen LogP contribution in [0.3, 0.4) is 0 Å². The smallest absolute Gasteiger partial charge is 0.281 e. The van der Waals surface area contributed by atoms with Crippen molar-refractivity contribution in [2.75, 3.05) is 20.1 Å². The van der Waals surface area contributed by atoms with E-state index >= 15 is 0 Å². The molecule has 40 heavy (non-hydrogen) atoms. The van der Waals surface area contributed by atoms with E-state index in [1.807, 2.05) is 13.8 Å². The minimum absolute atomic E-state index is 0.142. The third-order valence-electron chi connectivity index (χ3n) is 10.3. The minimum atomic E-state index is -1.97. The van der Waals surface area contributed by atoms with Gasteiger partial charge in [0.15, 0.2) is 0 Å². The number of carbonyl (C=O) groups excluding carboxylic acids is 3. The maximum atomic E-state index is 14.1. The van der Waals surface area contributed by atoms with E-state index in [-0.39, 0.29) is 36.0 Å². The van der Waals surface area contributed by atoms with Crippen molar-refractivity contribution in [1.29, 1.82) is 0 Å². The predicted molar refractivity (Wildman–Crippen MR) is 147 cm³/mol. The molecule has 5 heterocycles. The number of amides is 3. The quantitative estimate of drug-likeness (QED) is 0.536. The Bertz CT molecular complexity index is 1410. The number of rotatable bonds is 4. The molecule has 4 saturated heterocycles. The number of piperazine rings is 1. The van der Waals surface area contributed by atoms with E-state index in [1.165, 1.54) is 21.4 Å². The molecule has 4 fully saturated rings. The summed E-state index contributed by atoms with van der Waals surface area (Å²) in [7, 11) is 2.07. The number of likely N-dealkylation sites (tertiary alicyclic amines) is 1. The first-order valence-corrected chi connectivity index (χ1v) is 14.8. The second kappa shape index (κ2) is 8.77. The maximum Gasteiger partial charge on any atom is 0.281 e. The van der Waals surface area contributed by atoms with Gasteiger partial charge in [0, 0.05) is 48.6 Å². The molecular weight excluding hydrogens is 510 g/mol. The number of aliphatic hydroxyl groups is 1. The number of benzene rings is 1. The summed E-state index contributed by atoms with van der Waals surface area (Å²) in [6, 6.07) is 5.13. The zero-order valence-corrected chi connectivity index (χ0v) is 23.6. The van der Waals surface area contributed by atoms with Gasteiger partial charge in [-0.15, -0.1) is 0 Å². The topological polar surface area (TPSA) is 118 Å². The lowest BCUT2D eigenvalue weighted by Crippen LogP contribution is -2.72. The number of piperidine rings is 1. The van der Waals surface area contributed by atoms with Crippen molar-refractivity contribution >= 4 is 28.6 Å². The van der Waals surface area contributed by atoms with Crippen LogP contribution >= 0.6 is 0 Å². The van der Waals surface area contributed by atoms with Crippen LogP contribution in [0.2, 0.25) is 0 Å². The van der Waals surface area contributed by atoms with Crippen molar-refractivity contribution in [1.82, 2.24) is 25.0 Å². The highest BCUT2D eigenvalue weighted by atomic mass is 16.7. The van der Waals surface area contributed by atoms with Crippen molar-refractivity contribution < 1.29 is 24.2 Å². The SMILES string of the molecule is CCC1(NC(=O)C2CC3c4cccc5[nH]cc(c45)CC3N(C)C2)OC2(O)C3CCCN3C(=O)C(C(C)C)N2C1=O. The molecule has 0 spiro atoms. The first-order chi connectivity index (χ1) is 19.1. The normalized spacial score (nSPS) is 37.2. The summed E-state index contributed by atoms with van der Waals surface area (Å²) in [5.41, 5.74) is 1.97. The van der Waals surface area contributed by atoms with Gasteiger partial charge >= 0.3 is 0 Å². The molecule has 1 aromatic carbocycles. The molecule has 1 aromatic heterocycles. The fraction of sp³-hybridized carbons (Fsp3) is 0.633. The molecule has 1 aliphatic carbocycles. The van der Waals surface area contributed by atoms with E-state index in [0.29, 0.717) is 32.0 Å². The minimum Gasteiger partial charge on any atom is -0.361 e. The zero-order valence-electron chi connectivity index (χ0n) is 23.6. The Morgan fingerprint density at radius 1 is 1.30 bits per heavy atom. The fourth-order valence-corrected chi connectivity index (χ4v) is 8.35. The van der Waals surface area contributed by atoms with Crippen LogP contribution in [0.25, 0.3) is 10.9 Å². The summed E-state index contributed by atoms with van der Waals surface area (Å²) in [4.78, 5) is 50.1. The van der Waals surface area contributed by atoms with Gasteiger partial charge < -0.3 is 25.2 Å². The third-order valence-corrected chi connectivity index (χ3v) is 10.3. The summed E-state index contributed by atoms with van der Waals surface area (Å²) >= 11 is 0. The molecule has 7 unspecified atom stereocenters. The molecule has 3 N–H and O–H groups in total. The van der Waals surface area contributed by atoms with Gasteiger partial charge in [-0.2, -0.15) is 0 Å². The summed E-state index contributed by atoms with van der Waals surface area (Å²) in [6.45, 7) is 6.60. The van der Waals surface area contributed by atoms with Crippen molar-refractivity contribution in [3.8, 4) is 0 Å². The summed E-state index contributed by atoms with van der Waals surface area (Å²) in [6.07, 6.45) is 5.10. The van der Waals surface area contributed by atoms with Crippen molar-refractivity contribution in [2.45, 2.75) is 88.6 Å². The largest absolute Gasteiger partial charge is 0.361 e. The lowest BCUT2D eigenvalue weighted by Gasteiger charge is -2.49. The number of aromatic nitrogens is 1. The number of nitrogens with zero attached hydrogens (tertiary/aromatic N) is 3. The van der Waals surface area contributed by atoms with Gasteiger partial charge in [-0.05, 0) is 55.8 Å². The molecule has 0 bridgehead atoms. The Balaban J connectivity index is 1.19. The zero-order chi connectivity index (χ0) is 28.1. The number of aromatic amines is 1. The van der Waals surface area contributed by atoms with Crippen molar-refractivity contribution in [3.63, 3.8) is 0 Å². The Kier molecular flexibility index (Phi) is 5.70. The first-order valence-electron chi connectivity index (χ1n) is 14.8. The van der Waals surface area contributed by atoms with Crippen LogP contribution in [-0.2, 0) is 25.5 Å². The number of fused-ring (bicyclic) bond motifs is 5. The summed E-state index contributed by atoms with van der Waals surface area (Å²) < 4.78 is 6.31. The molecule has 0 radical (unpaired) electrons. The van der Waals surface area contributed by atoms with E-state index in [2.05, 4.69) is 46.6 Å². The second-order valence-corrected chi connectivity index (χ2v) is 12.8. The molecule has 7 atom stereocenters. The average Bonchev–Trinajstić information content (AvgIpc) is 3.64. The Labute approximate surface area is 234 Å². The van der Waals surface area contributed by atoms with Crippen LogP contribution in [-0.4, -0.2) is 92.4 Å². The van der Waals surface area contributed by atoms with E-state index < -0.39 is 29.6 Å². The standard InChI is InChI=1S/C30H39N5O5/c1-5-29(28(38)35-25(16(2)3)27(37)34-11-7-10-23(34)30(35,39)40-29)32-26(36)18-12-20-19-8-6-9-21-24(19)17(14-31-21)13-22(20)33(4)15-18/h6,8-9,14,16,18,20,22-23,25,31,39H,5,7,10-13,15H2,1-4H3,(H,32,36). The van der Waals surface area contributed by atoms with Crippen LogP contribution in [0.4, 0.5) is 0 Å². The Morgan fingerprint density at radius 2 is 2.10 bits per heavy atom. The number of ether oxygens (including phenoxy) is 1. The fourth-order valence-electron chi connectivity index (χ4n) is 8.35. The highest BCUT2D eigenvalue weighted by Crippen LogP contribution is 2.48. The van der Waals surface area contributed by atoms with Crippen LogP contribution in [0.1, 0.15) is 63.5 Å². The molecule has 0 saturated carbocycles. The Hall–Kier alpha value is -2.95. The number of H-pyrrole nitrogens is 1. The summed E-state index contributed by atoms with van der Waals surface area (Å²) in [5.74, 6) is -3.33. The van der Waals surface area contributed by atoms with Gasteiger partial charge in [-0.1, -0.05) is 32.9 Å². The van der Waals surface area contributed by atoms with E-state index in [1.54, 1.807) is 11.8 Å². The van der Waals surface area contributed by atoms with Gasteiger partial charge in [0.25, 0.3) is 11.8 Å². The first kappa shape index (κ1) is 26.0. The van der Waals surface area contributed by atoms with Crippen molar-refractivity contribution in [2.24, 2.45) is 11.8 Å². The van der Waals surface area contributed by atoms with Crippen LogP contribution < -0.4 is 5.32 Å². The molecule has 3 amide bonds. The number of hydrogen-bond acceptors (Lipinski definition) is 6. The van der Waals surface area contributed by atoms with Crippen LogP contribution in [0.5, 0.6) is 0 Å². The molecule has 5 aliphatic rings. The number of hydrogen-bond donors (Lipinski definition) is 3. The second-order valence-electron chi connectivity index (χ2n) is 12.8. The molecule has 4 aliphatic heterocycles. The van der Waals surface area contributed by atoms with Crippen LogP contribution in [0, 0.1) is 11.8 Å².